The minimum Gasteiger partial charge on any atom is -0.342 e. The van der Waals surface area contributed by atoms with E-state index < -0.39 is 11.6 Å². The van der Waals surface area contributed by atoms with Gasteiger partial charge < -0.3 is 10.2 Å². The fraction of sp³-hybridized carbons (Fsp3) is 0.562. The Kier molecular flexibility index (Phi) is 5.40. The average molecular weight is 331 g/mol. The van der Waals surface area contributed by atoms with Crippen LogP contribution in [0, 0.1) is 17.6 Å². The number of nitrogens with zero attached hydrogens (tertiary/aromatic N) is 1. The molecule has 3 nitrogen and oxygen atoms in total. The van der Waals surface area contributed by atoms with Crippen molar-refractivity contribution >= 4 is 18.3 Å². The van der Waals surface area contributed by atoms with Gasteiger partial charge in [0.05, 0.1) is 0 Å². The highest BCUT2D eigenvalue weighted by Crippen LogP contribution is 2.49. The number of amides is 1. The normalized spacial score (nSPS) is 24.8. The third-order valence-electron chi connectivity index (χ3n) is 4.68. The lowest BCUT2D eigenvalue weighted by molar-refractivity contribution is -0.133. The molecule has 1 heterocycles. The van der Waals surface area contributed by atoms with Crippen molar-refractivity contribution in [1.29, 1.82) is 0 Å². The van der Waals surface area contributed by atoms with Crippen LogP contribution in [-0.2, 0) is 4.79 Å². The summed E-state index contributed by atoms with van der Waals surface area (Å²) in [6, 6.07) is 3.95. The highest BCUT2D eigenvalue weighted by atomic mass is 35.5. The topological polar surface area (TPSA) is 32.3 Å². The van der Waals surface area contributed by atoms with Crippen molar-refractivity contribution in [3.63, 3.8) is 0 Å². The Labute approximate surface area is 135 Å². The van der Waals surface area contributed by atoms with Gasteiger partial charge in [0, 0.05) is 25.0 Å². The third kappa shape index (κ3) is 3.41. The molecule has 1 aliphatic heterocycles. The standard InChI is InChI=1S/C16H20F2N2O.ClH/c1-19-11-4-6-20(7-5-11)16(21)14-9-12(14)13-8-10(17)2-3-15(13)18;/h2-3,8,11-12,14,19H,4-7,9H2,1H3;1H. The van der Waals surface area contributed by atoms with Gasteiger partial charge in [0.2, 0.25) is 5.91 Å². The summed E-state index contributed by atoms with van der Waals surface area (Å²) in [6.07, 6.45) is 2.53. The Balaban J connectivity index is 0.00000176. The molecular weight excluding hydrogens is 310 g/mol. The van der Waals surface area contributed by atoms with Gasteiger partial charge in [0.25, 0.3) is 0 Å². The van der Waals surface area contributed by atoms with Crippen LogP contribution in [0.4, 0.5) is 8.78 Å². The first-order chi connectivity index (χ1) is 10.1. The van der Waals surface area contributed by atoms with Gasteiger partial charge in [-0.15, -0.1) is 12.4 Å². The second-order valence-electron chi connectivity index (χ2n) is 6.00. The highest BCUT2D eigenvalue weighted by molar-refractivity contribution is 5.85. The predicted molar refractivity (Wildman–Crippen MR) is 83.1 cm³/mol. The average Bonchev–Trinajstić information content (AvgIpc) is 3.29. The van der Waals surface area contributed by atoms with Crippen molar-refractivity contribution in [3.05, 3.63) is 35.4 Å². The van der Waals surface area contributed by atoms with E-state index in [0.29, 0.717) is 18.0 Å². The molecule has 0 spiro atoms. The van der Waals surface area contributed by atoms with E-state index in [9.17, 15) is 13.6 Å². The van der Waals surface area contributed by atoms with E-state index in [1.165, 1.54) is 6.07 Å². The van der Waals surface area contributed by atoms with Crippen LogP contribution in [0.2, 0.25) is 0 Å². The summed E-state index contributed by atoms with van der Waals surface area (Å²) in [6.45, 7) is 1.50. The van der Waals surface area contributed by atoms with Crippen molar-refractivity contribution in [2.24, 2.45) is 5.92 Å². The molecule has 1 amide bonds. The van der Waals surface area contributed by atoms with Gasteiger partial charge >= 0.3 is 0 Å². The second kappa shape index (κ2) is 6.92. The number of halogens is 3. The third-order valence-corrected chi connectivity index (χ3v) is 4.68. The zero-order valence-electron chi connectivity index (χ0n) is 12.5. The van der Waals surface area contributed by atoms with E-state index in [2.05, 4.69) is 5.32 Å². The van der Waals surface area contributed by atoms with Crippen molar-refractivity contribution in [2.45, 2.75) is 31.2 Å². The number of likely N-dealkylation sites (tertiary alicyclic amines) is 1. The summed E-state index contributed by atoms with van der Waals surface area (Å²) in [4.78, 5) is 14.3. The molecule has 1 N–H and O–H groups in total. The molecule has 1 saturated carbocycles. The predicted octanol–water partition coefficient (Wildman–Crippen LogP) is 2.70. The van der Waals surface area contributed by atoms with Crippen molar-refractivity contribution in [2.75, 3.05) is 20.1 Å². The Morgan fingerprint density at radius 3 is 2.59 bits per heavy atom. The molecule has 0 radical (unpaired) electrons. The molecule has 2 aliphatic rings. The first-order valence-electron chi connectivity index (χ1n) is 7.51. The summed E-state index contributed by atoms with van der Waals surface area (Å²) in [5.74, 6) is -1.09. The van der Waals surface area contributed by atoms with Crippen molar-refractivity contribution < 1.29 is 13.6 Å². The highest BCUT2D eigenvalue weighted by Gasteiger charge is 2.47. The van der Waals surface area contributed by atoms with Crippen LogP contribution in [0.1, 0.15) is 30.7 Å². The van der Waals surface area contributed by atoms with E-state index in [1.54, 1.807) is 0 Å². The molecule has 1 aromatic carbocycles. The summed E-state index contributed by atoms with van der Waals surface area (Å²) < 4.78 is 27.0. The van der Waals surface area contributed by atoms with E-state index >= 15 is 0 Å². The number of rotatable bonds is 3. The molecule has 2 atom stereocenters. The van der Waals surface area contributed by atoms with Gasteiger partial charge in [-0.2, -0.15) is 0 Å². The molecule has 2 unspecified atom stereocenters. The molecule has 22 heavy (non-hydrogen) atoms. The first kappa shape index (κ1) is 17.2. The summed E-state index contributed by atoms with van der Waals surface area (Å²) in [5.41, 5.74) is 0.346. The molecule has 3 rings (SSSR count). The smallest absolute Gasteiger partial charge is 0.226 e. The summed E-state index contributed by atoms with van der Waals surface area (Å²) in [5, 5.41) is 3.23. The van der Waals surface area contributed by atoms with E-state index in [-0.39, 0.29) is 30.2 Å². The number of piperidine rings is 1. The van der Waals surface area contributed by atoms with Crippen LogP contribution in [-0.4, -0.2) is 37.0 Å². The molecular formula is C16H21ClF2N2O. The lowest BCUT2D eigenvalue weighted by Gasteiger charge is -2.32. The lowest BCUT2D eigenvalue weighted by Crippen LogP contribution is -2.44. The van der Waals surface area contributed by atoms with Crippen LogP contribution >= 0.6 is 12.4 Å². The lowest BCUT2D eigenvalue weighted by atomic mass is 10.0. The maximum absolute atomic E-state index is 13.7. The van der Waals surface area contributed by atoms with Gasteiger partial charge in [-0.1, -0.05) is 0 Å². The summed E-state index contributed by atoms with van der Waals surface area (Å²) >= 11 is 0. The number of benzene rings is 1. The number of hydrogen-bond acceptors (Lipinski definition) is 2. The molecule has 122 valence electrons. The zero-order valence-corrected chi connectivity index (χ0v) is 13.3. The molecule has 1 saturated heterocycles. The maximum atomic E-state index is 13.7. The Morgan fingerprint density at radius 1 is 1.27 bits per heavy atom. The van der Waals surface area contributed by atoms with Crippen LogP contribution in [0.15, 0.2) is 18.2 Å². The van der Waals surface area contributed by atoms with Gasteiger partial charge in [0.15, 0.2) is 0 Å². The quantitative estimate of drug-likeness (QED) is 0.924. The second-order valence-corrected chi connectivity index (χ2v) is 6.00. The van der Waals surface area contributed by atoms with Crippen LogP contribution < -0.4 is 5.32 Å². The Bertz CT molecular complexity index is 547. The van der Waals surface area contributed by atoms with Crippen molar-refractivity contribution in [3.8, 4) is 0 Å². The molecule has 1 aromatic rings. The van der Waals surface area contributed by atoms with Gasteiger partial charge in [0.1, 0.15) is 11.6 Å². The van der Waals surface area contributed by atoms with Gasteiger partial charge in [-0.3, -0.25) is 4.79 Å². The molecule has 0 bridgehead atoms. The monoisotopic (exact) mass is 330 g/mol. The minimum atomic E-state index is -0.445. The van der Waals surface area contributed by atoms with E-state index in [0.717, 1.165) is 38.1 Å². The number of nitrogens with one attached hydrogen (secondary N) is 1. The largest absolute Gasteiger partial charge is 0.342 e. The molecule has 0 aromatic heterocycles. The number of hydrogen-bond donors (Lipinski definition) is 1. The zero-order chi connectivity index (χ0) is 15.0. The molecule has 6 heteroatoms. The number of carbonyl (C=O) groups is 1. The minimum absolute atomic E-state index is 0. The molecule has 1 aliphatic carbocycles. The van der Waals surface area contributed by atoms with Crippen molar-refractivity contribution in [1.82, 2.24) is 10.2 Å². The first-order valence-corrected chi connectivity index (χ1v) is 7.51. The Hall–Kier alpha value is -1.20. The van der Waals surface area contributed by atoms with Crippen LogP contribution in [0.25, 0.3) is 0 Å². The van der Waals surface area contributed by atoms with Gasteiger partial charge in [-0.05, 0) is 56.0 Å². The van der Waals surface area contributed by atoms with Crippen LogP contribution in [0.3, 0.4) is 0 Å². The van der Waals surface area contributed by atoms with E-state index in [4.69, 9.17) is 0 Å². The fourth-order valence-electron chi connectivity index (χ4n) is 3.23. The van der Waals surface area contributed by atoms with E-state index in [1.807, 2.05) is 11.9 Å². The maximum Gasteiger partial charge on any atom is 0.226 e. The SMILES string of the molecule is CNC1CCN(C(=O)C2CC2c2cc(F)ccc2F)CC1.Cl. The van der Waals surface area contributed by atoms with Crippen LogP contribution in [0.5, 0.6) is 0 Å². The van der Waals surface area contributed by atoms with Gasteiger partial charge in [-0.25, -0.2) is 8.78 Å². The summed E-state index contributed by atoms with van der Waals surface area (Å²) in [7, 11) is 1.94. The number of carbonyl (C=O) groups excluding carboxylic acids is 1. The fourth-order valence-corrected chi connectivity index (χ4v) is 3.23. The Morgan fingerprint density at radius 2 is 1.95 bits per heavy atom. The molecule has 2 fully saturated rings.